The number of aromatic nitrogens is 4. The number of thioether (sulfide) groups is 1. The van der Waals surface area contributed by atoms with Crippen LogP contribution in [-0.2, 0) is 11.3 Å². The Bertz CT molecular complexity index is 1260. The van der Waals surface area contributed by atoms with Gasteiger partial charge in [-0.05, 0) is 37.8 Å². The summed E-state index contributed by atoms with van der Waals surface area (Å²) in [5, 5.41) is 11.0. The standard InChI is InChI=1S/C26H29N5OS/c1-3-14-30(16-19-10-8-18(2)9-11-19)24(32)17-33-26-29-28-25(31(26)20-12-13-20)22-15-27-23-7-5-4-6-21(22)23/h4-11,15,20,27H,3,12-14,16-17H2,1-2H3. The minimum atomic E-state index is 0.140. The highest BCUT2D eigenvalue weighted by Crippen LogP contribution is 2.42. The molecule has 7 heteroatoms. The van der Waals surface area contributed by atoms with Gasteiger partial charge < -0.3 is 9.88 Å². The summed E-state index contributed by atoms with van der Waals surface area (Å²) in [5.41, 5.74) is 4.55. The Morgan fingerprint density at radius 3 is 2.70 bits per heavy atom. The van der Waals surface area contributed by atoms with Gasteiger partial charge in [-0.1, -0.05) is 66.7 Å². The first-order chi connectivity index (χ1) is 16.1. The average Bonchev–Trinajstić information content (AvgIpc) is 3.44. The van der Waals surface area contributed by atoms with Crippen LogP contribution in [0.2, 0.25) is 0 Å². The molecule has 0 saturated heterocycles. The zero-order valence-corrected chi connectivity index (χ0v) is 19.9. The molecular weight excluding hydrogens is 430 g/mol. The molecule has 2 aromatic carbocycles. The van der Waals surface area contributed by atoms with Crippen molar-refractivity contribution < 1.29 is 4.79 Å². The topological polar surface area (TPSA) is 66.8 Å². The molecule has 6 nitrogen and oxygen atoms in total. The van der Waals surface area contributed by atoms with Crippen LogP contribution in [0.5, 0.6) is 0 Å². The van der Waals surface area contributed by atoms with Crippen LogP contribution in [0, 0.1) is 6.92 Å². The normalized spacial score (nSPS) is 13.5. The molecule has 1 aliphatic carbocycles. The van der Waals surface area contributed by atoms with Gasteiger partial charge >= 0.3 is 0 Å². The molecule has 0 spiro atoms. The molecule has 1 fully saturated rings. The number of H-pyrrole nitrogens is 1. The van der Waals surface area contributed by atoms with E-state index in [1.807, 2.05) is 23.2 Å². The summed E-state index contributed by atoms with van der Waals surface area (Å²) in [6.07, 6.45) is 5.21. The number of amides is 1. The van der Waals surface area contributed by atoms with Gasteiger partial charge in [-0.25, -0.2) is 0 Å². The van der Waals surface area contributed by atoms with Crippen molar-refractivity contribution in [1.29, 1.82) is 0 Å². The van der Waals surface area contributed by atoms with Crippen LogP contribution in [0.1, 0.15) is 43.4 Å². The maximum absolute atomic E-state index is 13.1. The van der Waals surface area contributed by atoms with Crippen LogP contribution in [0.3, 0.4) is 0 Å². The molecule has 0 atom stereocenters. The summed E-state index contributed by atoms with van der Waals surface area (Å²) in [7, 11) is 0. The van der Waals surface area contributed by atoms with Gasteiger partial charge in [0.2, 0.25) is 5.91 Å². The maximum Gasteiger partial charge on any atom is 0.233 e. The number of benzene rings is 2. The Hall–Kier alpha value is -3.06. The van der Waals surface area contributed by atoms with Gasteiger partial charge in [0.25, 0.3) is 0 Å². The first kappa shape index (κ1) is 21.8. The molecular formula is C26H29N5OS. The molecule has 2 heterocycles. The largest absolute Gasteiger partial charge is 0.360 e. The number of para-hydroxylation sites is 1. The third-order valence-corrected chi connectivity index (χ3v) is 7.00. The Morgan fingerprint density at radius 1 is 1.15 bits per heavy atom. The van der Waals surface area contributed by atoms with Crippen LogP contribution in [0.4, 0.5) is 0 Å². The van der Waals surface area contributed by atoms with Gasteiger partial charge in [-0.15, -0.1) is 10.2 Å². The van der Waals surface area contributed by atoms with E-state index in [2.05, 4.69) is 70.0 Å². The number of nitrogens with zero attached hydrogens (tertiary/aromatic N) is 4. The average molecular weight is 460 g/mol. The van der Waals surface area contributed by atoms with E-state index < -0.39 is 0 Å². The molecule has 0 bridgehead atoms. The predicted octanol–water partition coefficient (Wildman–Crippen LogP) is 5.60. The van der Waals surface area contributed by atoms with Crippen LogP contribution < -0.4 is 0 Å². The third-order valence-electron chi connectivity index (χ3n) is 6.07. The van der Waals surface area contributed by atoms with Crippen molar-refractivity contribution in [3.63, 3.8) is 0 Å². The molecule has 0 aliphatic heterocycles. The van der Waals surface area contributed by atoms with E-state index in [0.717, 1.165) is 58.8 Å². The summed E-state index contributed by atoms with van der Waals surface area (Å²) in [5.74, 6) is 1.39. The summed E-state index contributed by atoms with van der Waals surface area (Å²) in [6, 6.07) is 17.1. The van der Waals surface area contributed by atoms with Gasteiger partial charge in [-0.2, -0.15) is 0 Å². The van der Waals surface area contributed by atoms with Gasteiger partial charge in [0.1, 0.15) is 0 Å². The predicted molar refractivity (Wildman–Crippen MR) is 133 cm³/mol. The fraction of sp³-hybridized carbons (Fsp3) is 0.346. The molecule has 5 rings (SSSR count). The lowest BCUT2D eigenvalue weighted by Gasteiger charge is -2.22. The number of aromatic amines is 1. The zero-order chi connectivity index (χ0) is 22.8. The third kappa shape index (κ3) is 4.69. The van der Waals surface area contributed by atoms with E-state index in [4.69, 9.17) is 0 Å². The Balaban J connectivity index is 1.34. The molecule has 1 N–H and O–H groups in total. The fourth-order valence-electron chi connectivity index (χ4n) is 4.17. The van der Waals surface area contributed by atoms with Crippen molar-refractivity contribution in [2.75, 3.05) is 12.3 Å². The van der Waals surface area contributed by atoms with Crippen LogP contribution in [-0.4, -0.2) is 42.9 Å². The number of hydrogen-bond acceptors (Lipinski definition) is 4. The first-order valence-electron chi connectivity index (χ1n) is 11.6. The van der Waals surface area contributed by atoms with Crippen LogP contribution in [0.15, 0.2) is 59.9 Å². The minimum Gasteiger partial charge on any atom is -0.360 e. The second-order valence-electron chi connectivity index (χ2n) is 8.74. The molecule has 1 saturated carbocycles. The van der Waals surface area contributed by atoms with Gasteiger partial charge in [0, 0.05) is 41.8 Å². The van der Waals surface area contributed by atoms with Crippen molar-refractivity contribution in [1.82, 2.24) is 24.6 Å². The smallest absolute Gasteiger partial charge is 0.233 e. The second kappa shape index (κ2) is 9.43. The van der Waals surface area contributed by atoms with Crippen molar-refractivity contribution in [2.45, 2.75) is 50.9 Å². The summed E-state index contributed by atoms with van der Waals surface area (Å²) in [4.78, 5) is 18.4. The lowest BCUT2D eigenvalue weighted by molar-refractivity contribution is -0.129. The first-order valence-corrected chi connectivity index (χ1v) is 12.6. The van der Waals surface area contributed by atoms with Crippen LogP contribution >= 0.6 is 11.8 Å². The van der Waals surface area contributed by atoms with Gasteiger partial charge in [-0.3, -0.25) is 9.36 Å². The van der Waals surface area contributed by atoms with Gasteiger partial charge in [0.05, 0.1) is 5.75 Å². The number of rotatable bonds is 9. The zero-order valence-electron chi connectivity index (χ0n) is 19.1. The quantitative estimate of drug-likeness (QED) is 0.331. The summed E-state index contributed by atoms with van der Waals surface area (Å²) < 4.78 is 2.23. The van der Waals surface area contributed by atoms with Gasteiger partial charge in [0.15, 0.2) is 11.0 Å². The van der Waals surface area contributed by atoms with E-state index in [0.29, 0.717) is 18.3 Å². The van der Waals surface area contributed by atoms with Crippen LogP contribution in [0.25, 0.3) is 22.3 Å². The highest BCUT2D eigenvalue weighted by molar-refractivity contribution is 7.99. The van der Waals surface area contributed by atoms with Crippen molar-refractivity contribution >= 4 is 28.6 Å². The molecule has 0 radical (unpaired) electrons. The number of nitrogens with one attached hydrogen (secondary N) is 1. The number of carbonyl (C=O) groups excluding carboxylic acids is 1. The summed E-state index contributed by atoms with van der Waals surface area (Å²) in [6.45, 7) is 5.59. The van der Waals surface area contributed by atoms with Crippen molar-refractivity contribution in [3.8, 4) is 11.4 Å². The van der Waals surface area contributed by atoms with E-state index in [9.17, 15) is 4.79 Å². The van der Waals surface area contributed by atoms with E-state index in [1.54, 1.807) is 0 Å². The fourth-order valence-corrected chi connectivity index (χ4v) is 5.08. The molecule has 4 aromatic rings. The summed E-state index contributed by atoms with van der Waals surface area (Å²) >= 11 is 1.50. The molecule has 2 aromatic heterocycles. The Labute approximate surface area is 198 Å². The Morgan fingerprint density at radius 2 is 1.94 bits per heavy atom. The number of fused-ring (bicyclic) bond motifs is 1. The molecule has 1 aliphatic rings. The van der Waals surface area contributed by atoms with Crippen molar-refractivity contribution in [2.24, 2.45) is 0 Å². The SMILES string of the molecule is CCCN(Cc1ccc(C)cc1)C(=O)CSc1nnc(-c2c[nH]c3ccccc23)n1C1CC1. The lowest BCUT2D eigenvalue weighted by atomic mass is 10.1. The highest BCUT2D eigenvalue weighted by Gasteiger charge is 2.31. The Kier molecular flexibility index (Phi) is 6.22. The highest BCUT2D eigenvalue weighted by atomic mass is 32.2. The molecule has 0 unspecified atom stereocenters. The molecule has 1 amide bonds. The lowest BCUT2D eigenvalue weighted by Crippen LogP contribution is -2.32. The number of aryl methyl sites for hydroxylation is 1. The maximum atomic E-state index is 13.1. The molecule has 33 heavy (non-hydrogen) atoms. The second-order valence-corrected chi connectivity index (χ2v) is 9.69. The number of hydrogen-bond donors (Lipinski definition) is 1. The monoisotopic (exact) mass is 459 g/mol. The van der Waals surface area contributed by atoms with E-state index in [-0.39, 0.29) is 5.91 Å². The van der Waals surface area contributed by atoms with E-state index in [1.165, 1.54) is 17.3 Å². The van der Waals surface area contributed by atoms with E-state index >= 15 is 0 Å². The molecule has 170 valence electrons. The minimum absolute atomic E-state index is 0.140. The number of carbonyl (C=O) groups is 1. The van der Waals surface area contributed by atoms with Crippen molar-refractivity contribution in [3.05, 3.63) is 65.9 Å².